The number of hydrogen-bond acceptors (Lipinski definition) is 7. The molecule has 0 bridgehead atoms. The predicted octanol–water partition coefficient (Wildman–Crippen LogP) is 3.71. The molecule has 9 nitrogen and oxygen atoms in total. The van der Waals surface area contributed by atoms with Crippen molar-refractivity contribution in [2.24, 2.45) is 5.92 Å². The van der Waals surface area contributed by atoms with Gasteiger partial charge < -0.3 is 19.7 Å². The minimum atomic E-state index is -4.35. The van der Waals surface area contributed by atoms with Gasteiger partial charge in [0.2, 0.25) is 0 Å². The lowest BCUT2D eigenvalue weighted by Gasteiger charge is -2.51. The molecule has 3 aliphatic heterocycles. The van der Waals surface area contributed by atoms with Crippen molar-refractivity contribution in [2.75, 3.05) is 44.4 Å². The minimum Gasteiger partial charge on any atom is -0.490 e. The van der Waals surface area contributed by atoms with E-state index in [1.807, 2.05) is 0 Å². The van der Waals surface area contributed by atoms with Crippen molar-refractivity contribution in [1.29, 1.82) is 0 Å². The van der Waals surface area contributed by atoms with Crippen LogP contribution in [0.25, 0.3) is 0 Å². The standard InChI is InChI=1S/C26H31ClF2N2O7S2/c27-17-2-4-18(5-3-17)40(35,36)26-9-13-37-22(19(26)16-38-24-21(29)7-6-20(28)23(24)26)8-15-39(33,34)14-1-11-31-12-10-30-25(31)32/h2-5,19,22H,1,6-16H2,(H,30,32). The van der Waals surface area contributed by atoms with Crippen molar-refractivity contribution in [3.63, 3.8) is 0 Å². The molecule has 3 atom stereocenters. The molecule has 220 valence electrons. The van der Waals surface area contributed by atoms with E-state index in [-0.39, 0.29) is 79.1 Å². The molecule has 1 aromatic carbocycles. The summed E-state index contributed by atoms with van der Waals surface area (Å²) in [6, 6.07) is 5.26. The van der Waals surface area contributed by atoms with Gasteiger partial charge in [-0.3, -0.25) is 0 Å². The van der Waals surface area contributed by atoms with Crippen LogP contribution in [0.1, 0.15) is 32.1 Å². The molecule has 1 aromatic rings. The van der Waals surface area contributed by atoms with Crippen LogP contribution in [0, 0.1) is 5.92 Å². The largest absolute Gasteiger partial charge is 0.490 e. The van der Waals surface area contributed by atoms with Crippen molar-refractivity contribution in [1.82, 2.24) is 10.2 Å². The van der Waals surface area contributed by atoms with Gasteiger partial charge in [0.15, 0.2) is 15.6 Å². The highest BCUT2D eigenvalue weighted by atomic mass is 35.5. The first-order valence-electron chi connectivity index (χ1n) is 13.2. The summed E-state index contributed by atoms with van der Waals surface area (Å²) in [4.78, 5) is 13.1. The number of amides is 2. The maximum Gasteiger partial charge on any atom is 0.317 e. The van der Waals surface area contributed by atoms with E-state index in [4.69, 9.17) is 21.1 Å². The number of carbonyl (C=O) groups excluding carboxylic acids is 1. The zero-order chi connectivity index (χ0) is 28.7. The summed E-state index contributed by atoms with van der Waals surface area (Å²) in [5.41, 5.74) is -0.317. The molecule has 3 heterocycles. The third-order valence-corrected chi connectivity index (χ3v) is 12.7. The Labute approximate surface area is 237 Å². The average Bonchev–Trinajstić information content (AvgIpc) is 3.33. The second-order valence-electron chi connectivity index (χ2n) is 10.5. The van der Waals surface area contributed by atoms with Crippen LogP contribution in [0.15, 0.2) is 52.1 Å². The lowest BCUT2D eigenvalue weighted by Crippen LogP contribution is -2.61. The Morgan fingerprint density at radius 1 is 1.07 bits per heavy atom. The summed E-state index contributed by atoms with van der Waals surface area (Å²) in [5.74, 6) is -3.28. The normalized spacial score (nSPS) is 27.3. The molecule has 2 amide bonds. The van der Waals surface area contributed by atoms with Gasteiger partial charge in [-0.25, -0.2) is 30.4 Å². The Morgan fingerprint density at radius 3 is 2.50 bits per heavy atom. The van der Waals surface area contributed by atoms with E-state index in [9.17, 15) is 26.0 Å². The van der Waals surface area contributed by atoms with E-state index in [0.29, 0.717) is 24.7 Å². The van der Waals surface area contributed by atoms with E-state index >= 15 is 4.39 Å². The van der Waals surface area contributed by atoms with Crippen LogP contribution in [-0.2, 0) is 29.1 Å². The second kappa shape index (κ2) is 11.2. The zero-order valence-electron chi connectivity index (χ0n) is 21.7. The van der Waals surface area contributed by atoms with Crippen molar-refractivity contribution in [3.8, 4) is 0 Å². The second-order valence-corrected chi connectivity index (χ2v) is 15.4. The van der Waals surface area contributed by atoms with Crippen molar-refractivity contribution >= 4 is 37.3 Å². The van der Waals surface area contributed by atoms with E-state index < -0.39 is 48.1 Å². The number of sulfone groups is 2. The van der Waals surface area contributed by atoms with Crippen LogP contribution in [0.5, 0.6) is 0 Å². The van der Waals surface area contributed by atoms with Gasteiger partial charge >= 0.3 is 6.03 Å². The van der Waals surface area contributed by atoms with Crippen LogP contribution >= 0.6 is 11.6 Å². The molecule has 3 saturated heterocycles. The summed E-state index contributed by atoms with van der Waals surface area (Å²) in [5, 5.41) is 2.98. The van der Waals surface area contributed by atoms with Crippen LogP contribution in [0.4, 0.5) is 13.6 Å². The summed E-state index contributed by atoms with van der Waals surface area (Å²) in [6.45, 7) is 0.972. The van der Waals surface area contributed by atoms with Gasteiger partial charge in [-0.05, 0) is 43.5 Å². The van der Waals surface area contributed by atoms with Gasteiger partial charge in [0.05, 0.1) is 34.7 Å². The molecule has 0 spiro atoms. The van der Waals surface area contributed by atoms with Crippen LogP contribution < -0.4 is 5.32 Å². The quantitative estimate of drug-likeness (QED) is 0.447. The molecule has 3 fully saturated rings. The number of ether oxygens (including phenoxy) is 2. The Hall–Kier alpha value is -2.22. The minimum absolute atomic E-state index is 0.0467. The first-order valence-corrected chi connectivity index (χ1v) is 16.9. The molecule has 3 unspecified atom stereocenters. The molecule has 14 heteroatoms. The number of fused-ring (bicyclic) bond motifs is 3. The third-order valence-electron chi connectivity index (χ3n) is 8.14. The SMILES string of the molecule is O=C1NCCN1CCCS(=O)(=O)CCC1OCCC2(S(=O)(=O)c3ccc(Cl)cc3)C3=C(F)CCC(F)=C3OCC12. The van der Waals surface area contributed by atoms with Crippen LogP contribution in [0.3, 0.4) is 0 Å². The highest BCUT2D eigenvalue weighted by molar-refractivity contribution is 7.93. The summed E-state index contributed by atoms with van der Waals surface area (Å²) in [6.07, 6.45) is -1.37. The summed E-state index contributed by atoms with van der Waals surface area (Å²) in [7, 11) is -7.93. The number of nitrogens with zero attached hydrogens (tertiary/aromatic N) is 1. The number of urea groups is 1. The fourth-order valence-corrected chi connectivity index (χ4v) is 10.0. The fourth-order valence-electron chi connectivity index (χ4n) is 6.15. The zero-order valence-corrected chi connectivity index (χ0v) is 24.1. The Morgan fingerprint density at radius 2 is 1.80 bits per heavy atom. The predicted molar refractivity (Wildman–Crippen MR) is 144 cm³/mol. The number of nitrogens with one attached hydrogen (secondary N) is 1. The summed E-state index contributed by atoms with van der Waals surface area (Å²) >= 11 is 5.98. The first-order chi connectivity index (χ1) is 19.0. The van der Waals surface area contributed by atoms with Crippen LogP contribution in [-0.4, -0.2) is 83.0 Å². The lowest BCUT2D eigenvalue weighted by molar-refractivity contribution is -0.0761. The van der Waals surface area contributed by atoms with Crippen molar-refractivity contribution in [2.45, 2.75) is 47.9 Å². The van der Waals surface area contributed by atoms with Gasteiger partial charge in [-0.1, -0.05) is 11.6 Å². The molecule has 0 aromatic heterocycles. The Bertz CT molecular complexity index is 1450. The number of carbonyl (C=O) groups is 1. The molecule has 0 radical (unpaired) electrons. The highest BCUT2D eigenvalue weighted by Gasteiger charge is 2.63. The topological polar surface area (TPSA) is 119 Å². The number of halogens is 3. The maximum absolute atomic E-state index is 15.6. The van der Waals surface area contributed by atoms with Gasteiger partial charge in [-0.2, -0.15) is 0 Å². The Balaban J connectivity index is 1.43. The smallest absolute Gasteiger partial charge is 0.317 e. The molecule has 1 N–H and O–H groups in total. The fraction of sp³-hybridized carbons (Fsp3) is 0.577. The van der Waals surface area contributed by atoms with Crippen LogP contribution in [0.2, 0.25) is 5.02 Å². The van der Waals surface area contributed by atoms with Gasteiger partial charge in [0.25, 0.3) is 0 Å². The molecule has 1 aliphatic carbocycles. The molecule has 5 rings (SSSR count). The van der Waals surface area contributed by atoms with Crippen molar-refractivity contribution in [3.05, 3.63) is 52.3 Å². The molecular formula is C26H31ClF2N2O7S2. The third kappa shape index (κ3) is 5.25. The first kappa shape index (κ1) is 29.3. The van der Waals surface area contributed by atoms with E-state index in [2.05, 4.69) is 5.32 Å². The number of hydrogen-bond donors (Lipinski definition) is 1. The highest BCUT2D eigenvalue weighted by Crippen LogP contribution is 2.55. The average molecular weight is 621 g/mol. The monoisotopic (exact) mass is 620 g/mol. The van der Waals surface area contributed by atoms with Gasteiger partial charge in [0.1, 0.15) is 26.2 Å². The summed E-state index contributed by atoms with van der Waals surface area (Å²) < 4.78 is 94.6. The van der Waals surface area contributed by atoms with E-state index in [1.54, 1.807) is 4.90 Å². The number of benzene rings is 1. The van der Waals surface area contributed by atoms with Crippen molar-refractivity contribution < 1.29 is 39.9 Å². The van der Waals surface area contributed by atoms with E-state index in [1.165, 1.54) is 24.3 Å². The molecular weight excluding hydrogens is 590 g/mol. The maximum atomic E-state index is 15.6. The molecule has 0 saturated carbocycles. The Kier molecular flexibility index (Phi) is 8.21. The van der Waals surface area contributed by atoms with Gasteiger partial charge in [0, 0.05) is 50.0 Å². The molecule has 4 aliphatic rings. The lowest BCUT2D eigenvalue weighted by atomic mass is 9.73. The number of allylic oxidation sites excluding steroid dienone is 3. The van der Waals surface area contributed by atoms with E-state index in [0.717, 1.165) is 0 Å². The molecule has 40 heavy (non-hydrogen) atoms. The van der Waals surface area contributed by atoms with Gasteiger partial charge in [-0.15, -0.1) is 0 Å². The number of rotatable bonds is 9.